The van der Waals surface area contributed by atoms with E-state index in [0.717, 1.165) is 6.42 Å². The number of hydrogen-bond donors (Lipinski definition) is 2. The van der Waals surface area contributed by atoms with Gasteiger partial charge in [0, 0.05) is 17.9 Å². The second kappa shape index (κ2) is 7.25. The molecular weight excluding hydrogens is 226 g/mol. The van der Waals surface area contributed by atoms with Crippen LogP contribution in [0.15, 0.2) is 0 Å². The van der Waals surface area contributed by atoms with E-state index in [1.165, 1.54) is 0 Å². The Bertz CT molecular complexity index is 277. The summed E-state index contributed by atoms with van der Waals surface area (Å²) in [4.78, 5) is 0. The molecule has 4 nitrogen and oxygen atoms in total. The van der Waals surface area contributed by atoms with E-state index in [1.807, 2.05) is 0 Å². The molecule has 0 aliphatic carbocycles. The topological polar surface area (TPSA) is 66.4 Å². The Hall–Kier alpha value is -0.130. The second-order valence-electron chi connectivity index (χ2n) is 4.40. The monoisotopic (exact) mass is 251 g/mol. The van der Waals surface area contributed by atoms with Gasteiger partial charge in [-0.1, -0.05) is 13.8 Å². The molecule has 0 fully saturated rings. The molecule has 0 aliphatic heterocycles. The molecular formula is C11H25NO3S. The second-order valence-corrected chi connectivity index (χ2v) is 6.88. The van der Waals surface area contributed by atoms with Gasteiger partial charge in [0.1, 0.15) is 9.84 Å². The maximum atomic E-state index is 11.3. The summed E-state index contributed by atoms with van der Waals surface area (Å²) in [6.45, 7) is 6.63. The minimum atomic E-state index is -2.85. The minimum Gasteiger partial charge on any atom is -0.396 e. The molecule has 0 aromatic heterocycles. The van der Waals surface area contributed by atoms with E-state index in [-0.39, 0.29) is 23.7 Å². The Morgan fingerprint density at radius 2 is 1.94 bits per heavy atom. The van der Waals surface area contributed by atoms with Gasteiger partial charge in [-0.3, -0.25) is 0 Å². The molecule has 1 unspecified atom stereocenters. The molecule has 1 atom stereocenters. The molecule has 0 saturated carbocycles. The van der Waals surface area contributed by atoms with Crippen LogP contribution in [-0.4, -0.2) is 43.7 Å². The van der Waals surface area contributed by atoms with Crippen molar-refractivity contribution in [1.29, 1.82) is 0 Å². The van der Waals surface area contributed by atoms with Gasteiger partial charge in [-0.15, -0.1) is 0 Å². The molecule has 0 spiro atoms. The van der Waals surface area contributed by atoms with Crippen molar-refractivity contribution in [2.75, 3.05) is 24.7 Å². The van der Waals surface area contributed by atoms with Crippen LogP contribution in [0, 0.1) is 0 Å². The van der Waals surface area contributed by atoms with Gasteiger partial charge < -0.3 is 10.4 Å². The largest absolute Gasteiger partial charge is 0.396 e. The molecule has 0 saturated heterocycles. The van der Waals surface area contributed by atoms with Gasteiger partial charge in [-0.05, 0) is 32.7 Å². The molecule has 0 aromatic rings. The van der Waals surface area contributed by atoms with Gasteiger partial charge in [0.05, 0.1) is 5.75 Å². The third-order valence-corrected chi connectivity index (χ3v) is 4.86. The molecule has 5 heteroatoms. The summed E-state index contributed by atoms with van der Waals surface area (Å²) < 4.78 is 22.5. The summed E-state index contributed by atoms with van der Waals surface area (Å²) in [5.74, 6) is 0.462. The zero-order valence-corrected chi connectivity index (χ0v) is 11.4. The van der Waals surface area contributed by atoms with E-state index in [4.69, 9.17) is 5.11 Å². The number of sulfone groups is 1. The van der Waals surface area contributed by atoms with Gasteiger partial charge in [-0.25, -0.2) is 8.42 Å². The summed E-state index contributed by atoms with van der Waals surface area (Å²) in [5, 5.41) is 12.2. The van der Waals surface area contributed by atoms with Crippen molar-refractivity contribution in [3.8, 4) is 0 Å². The third kappa shape index (κ3) is 6.45. The van der Waals surface area contributed by atoms with Crippen LogP contribution < -0.4 is 5.32 Å². The Balaban J connectivity index is 3.88. The number of hydrogen-bond acceptors (Lipinski definition) is 4. The molecule has 0 rings (SSSR count). The van der Waals surface area contributed by atoms with E-state index in [0.29, 0.717) is 19.4 Å². The first-order chi connectivity index (χ1) is 7.39. The highest BCUT2D eigenvalue weighted by Gasteiger charge is 2.20. The standard InChI is InChI=1S/C11H25NO3S/c1-4-11(3,7-9-13)12-8-6-10-16(14,15)5-2/h12-13H,4-10H2,1-3H3. The lowest BCUT2D eigenvalue weighted by Gasteiger charge is -2.29. The van der Waals surface area contributed by atoms with Crippen LogP contribution in [0.1, 0.15) is 40.0 Å². The molecule has 0 radical (unpaired) electrons. The van der Waals surface area contributed by atoms with Crippen LogP contribution in [0.25, 0.3) is 0 Å². The van der Waals surface area contributed by atoms with Crippen LogP contribution in [0.2, 0.25) is 0 Å². The normalized spacial score (nSPS) is 16.0. The first-order valence-corrected chi connectivity index (χ1v) is 7.77. The van der Waals surface area contributed by atoms with Gasteiger partial charge in [-0.2, -0.15) is 0 Å². The lowest BCUT2D eigenvalue weighted by molar-refractivity contribution is 0.216. The summed E-state index contributed by atoms with van der Waals surface area (Å²) in [6.07, 6.45) is 2.26. The maximum absolute atomic E-state index is 11.3. The average molecular weight is 251 g/mol. The van der Waals surface area contributed by atoms with E-state index in [1.54, 1.807) is 6.92 Å². The van der Waals surface area contributed by atoms with Crippen LogP contribution in [0.4, 0.5) is 0 Å². The Morgan fingerprint density at radius 1 is 1.31 bits per heavy atom. The first kappa shape index (κ1) is 15.9. The van der Waals surface area contributed by atoms with E-state index in [9.17, 15) is 8.42 Å². The van der Waals surface area contributed by atoms with Crippen LogP contribution >= 0.6 is 0 Å². The molecule has 0 aliphatic rings. The maximum Gasteiger partial charge on any atom is 0.150 e. The Morgan fingerprint density at radius 3 is 2.38 bits per heavy atom. The predicted octanol–water partition coefficient (Wildman–Crippen LogP) is 0.952. The fourth-order valence-electron chi connectivity index (χ4n) is 1.46. The Kier molecular flexibility index (Phi) is 7.19. The van der Waals surface area contributed by atoms with Crippen LogP contribution in [0.3, 0.4) is 0 Å². The third-order valence-electron chi connectivity index (χ3n) is 3.07. The van der Waals surface area contributed by atoms with Crippen molar-refractivity contribution in [1.82, 2.24) is 5.32 Å². The molecule has 16 heavy (non-hydrogen) atoms. The van der Waals surface area contributed by atoms with Crippen LogP contribution in [-0.2, 0) is 9.84 Å². The van der Waals surface area contributed by atoms with Gasteiger partial charge in [0.15, 0.2) is 0 Å². The van der Waals surface area contributed by atoms with Crippen molar-refractivity contribution in [3.63, 3.8) is 0 Å². The smallest absolute Gasteiger partial charge is 0.150 e. The lowest BCUT2D eigenvalue weighted by atomic mass is 9.95. The number of rotatable bonds is 9. The molecule has 0 heterocycles. The summed E-state index contributed by atoms with van der Waals surface area (Å²) >= 11 is 0. The average Bonchev–Trinajstić information content (AvgIpc) is 2.25. The number of nitrogens with one attached hydrogen (secondary N) is 1. The van der Waals surface area contributed by atoms with E-state index < -0.39 is 9.84 Å². The highest BCUT2D eigenvalue weighted by atomic mass is 32.2. The molecule has 98 valence electrons. The zero-order valence-electron chi connectivity index (χ0n) is 10.6. The minimum absolute atomic E-state index is 0.0786. The van der Waals surface area contributed by atoms with Crippen molar-refractivity contribution in [2.24, 2.45) is 0 Å². The van der Waals surface area contributed by atoms with Gasteiger partial charge in [0.25, 0.3) is 0 Å². The lowest BCUT2D eigenvalue weighted by Crippen LogP contribution is -2.43. The fraction of sp³-hybridized carbons (Fsp3) is 1.00. The molecule has 0 amide bonds. The summed E-state index contributed by atoms with van der Waals surface area (Å²) in [5.41, 5.74) is -0.0786. The van der Waals surface area contributed by atoms with Crippen LogP contribution in [0.5, 0.6) is 0 Å². The SMILES string of the molecule is CCC(C)(CCO)NCCCS(=O)(=O)CC. The van der Waals surface area contributed by atoms with Crippen molar-refractivity contribution in [2.45, 2.75) is 45.6 Å². The summed E-state index contributed by atoms with van der Waals surface area (Å²) in [7, 11) is -2.85. The predicted molar refractivity (Wildman–Crippen MR) is 67.3 cm³/mol. The van der Waals surface area contributed by atoms with E-state index in [2.05, 4.69) is 19.2 Å². The fourth-order valence-corrected chi connectivity index (χ4v) is 2.34. The van der Waals surface area contributed by atoms with Crippen molar-refractivity contribution < 1.29 is 13.5 Å². The summed E-state index contributed by atoms with van der Waals surface area (Å²) in [6, 6.07) is 0. The molecule has 0 bridgehead atoms. The number of aliphatic hydroxyl groups is 1. The quantitative estimate of drug-likeness (QED) is 0.599. The van der Waals surface area contributed by atoms with Crippen molar-refractivity contribution in [3.05, 3.63) is 0 Å². The van der Waals surface area contributed by atoms with E-state index >= 15 is 0 Å². The van der Waals surface area contributed by atoms with Crippen molar-refractivity contribution >= 4 is 9.84 Å². The highest BCUT2D eigenvalue weighted by molar-refractivity contribution is 7.91. The molecule has 2 N–H and O–H groups in total. The van der Waals surface area contributed by atoms with Gasteiger partial charge in [0.2, 0.25) is 0 Å². The Labute approximate surface area is 99.4 Å². The highest BCUT2D eigenvalue weighted by Crippen LogP contribution is 2.13. The molecule has 0 aromatic carbocycles. The van der Waals surface area contributed by atoms with Gasteiger partial charge >= 0.3 is 0 Å². The first-order valence-electron chi connectivity index (χ1n) is 5.95. The zero-order chi connectivity index (χ0) is 12.7. The number of aliphatic hydroxyl groups excluding tert-OH is 1.